The Morgan fingerprint density at radius 3 is 2.87 bits per heavy atom. The van der Waals surface area contributed by atoms with Crippen molar-refractivity contribution in [3.8, 4) is 5.75 Å². The number of benzene rings is 1. The van der Waals surface area contributed by atoms with Crippen molar-refractivity contribution in [3.63, 3.8) is 0 Å². The van der Waals surface area contributed by atoms with Crippen LogP contribution in [0.2, 0.25) is 0 Å². The first-order valence-electron chi connectivity index (χ1n) is 7.54. The summed E-state index contributed by atoms with van der Waals surface area (Å²) in [5, 5.41) is 12.0. The maximum atomic E-state index is 11.4. The van der Waals surface area contributed by atoms with E-state index in [0.717, 1.165) is 27.8 Å². The number of halogens is 1. The fourth-order valence-electron chi connectivity index (χ4n) is 2.62. The van der Waals surface area contributed by atoms with Gasteiger partial charge in [0.2, 0.25) is 5.91 Å². The first-order valence-corrected chi connectivity index (χ1v) is 8.33. The van der Waals surface area contributed by atoms with E-state index < -0.39 is 12.0 Å². The van der Waals surface area contributed by atoms with E-state index in [-0.39, 0.29) is 5.91 Å². The van der Waals surface area contributed by atoms with Crippen molar-refractivity contribution in [1.29, 1.82) is 0 Å². The molecule has 1 aromatic rings. The number of hydrogen-bond donors (Lipinski definition) is 2. The summed E-state index contributed by atoms with van der Waals surface area (Å²) in [6.45, 7) is 5.06. The number of carbonyl (C=O) groups is 2. The van der Waals surface area contributed by atoms with Crippen molar-refractivity contribution < 1.29 is 19.4 Å². The van der Waals surface area contributed by atoms with Crippen molar-refractivity contribution >= 4 is 27.8 Å². The molecule has 1 atom stereocenters. The highest BCUT2D eigenvalue weighted by Crippen LogP contribution is 2.34. The number of carboxylic acid groups (broad SMARTS) is 1. The van der Waals surface area contributed by atoms with Gasteiger partial charge in [-0.05, 0) is 24.6 Å². The minimum absolute atomic E-state index is 0.125. The molecule has 0 aliphatic carbocycles. The fraction of sp³-hybridized carbons (Fsp3) is 0.500. The lowest BCUT2D eigenvalue weighted by molar-refractivity contribution is -0.142. The van der Waals surface area contributed by atoms with Crippen LogP contribution in [0.5, 0.6) is 5.75 Å². The number of nitrogens with zero attached hydrogens (tertiary/aromatic N) is 1. The highest BCUT2D eigenvalue weighted by Gasteiger charge is 2.24. The van der Waals surface area contributed by atoms with E-state index >= 15 is 0 Å². The Bertz CT molecular complexity index is 606. The van der Waals surface area contributed by atoms with Gasteiger partial charge in [0, 0.05) is 43.0 Å². The van der Waals surface area contributed by atoms with Gasteiger partial charge in [-0.1, -0.05) is 15.9 Å². The number of amides is 1. The number of carboxylic acids is 1. The normalized spacial score (nSPS) is 14.3. The topological polar surface area (TPSA) is 78.9 Å². The second kappa shape index (κ2) is 7.79. The number of carbonyl (C=O) groups excluding carboxylic acids is 1. The Morgan fingerprint density at radius 2 is 2.22 bits per heavy atom. The van der Waals surface area contributed by atoms with Gasteiger partial charge < -0.3 is 15.2 Å². The zero-order chi connectivity index (χ0) is 17.0. The summed E-state index contributed by atoms with van der Waals surface area (Å²) in [5.41, 5.74) is 2.10. The Kier molecular flexibility index (Phi) is 6.01. The van der Waals surface area contributed by atoms with Gasteiger partial charge in [0.05, 0.1) is 6.61 Å². The van der Waals surface area contributed by atoms with Gasteiger partial charge in [-0.15, -0.1) is 0 Å². The molecule has 1 heterocycles. The molecule has 0 fully saturated rings. The summed E-state index contributed by atoms with van der Waals surface area (Å²) in [7, 11) is 0. The zero-order valence-corrected chi connectivity index (χ0v) is 14.9. The standard InChI is InChI=1S/C16H21BrN2O4/c1-10(16(21)22)19(5-4-18-11(2)20)9-13-8-14(17)7-12-3-6-23-15(12)13/h7-8,10H,3-6,9H2,1-2H3,(H,18,20)(H,21,22). The Balaban J connectivity index is 2.17. The lowest BCUT2D eigenvalue weighted by Crippen LogP contribution is -2.42. The molecule has 1 aliphatic heterocycles. The molecule has 1 amide bonds. The highest BCUT2D eigenvalue weighted by atomic mass is 79.9. The van der Waals surface area contributed by atoms with Crippen LogP contribution >= 0.6 is 15.9 Å². The predicted octanol–water partition coefficient (Wildman–Crippen LogP) is 1.80. The average molecular weight is 385 g/mol. The van der Waals surface area contributed by atoms with Crippen molar-refractivity contribution in [1.82, 2.24) is 10.2 Å². The molecule has 1 aliphatic rings. The molecule has 0 radical (unpaired) electrons. The summed E-state index contributed by atoms with van der Waals surface area (Å²) in [5.74, 6) is -0.157. The largest absolute Gasteiger partial charge is 0.493 e. The van der Waals surface area contributed by atoms with Gasteiger partial charge >= 0.3 is 5.97 Å². The van der Waals surface area contributed by atoms with Crippen LogP contribution in [0.4, 0.5) is 0 Å². The van der Waals surface area contributed by atoms with Gasteiger partial charge in [0.1, 0.15) is 11.8 Å². The molecule has 0 saturated heterocycles. The van der Waals surface area contributed by atoms with E-state index in [0.29, 0.717) is 26.2 Å². The van der Waals surface area contributed by atoms with Gasteiger partial charge in [-0.25, -0.2) is 0 Å². The van der Waals surface area contributed by atoms with Crippen molar-refractivity contribution in [2.24, 2.45) is 0 Å². The van der Waals surface area contributed by atoms with Crippen LogP contribution in [0.1, 0.15) is 25.0 Å². The number of ether oxygens (including phenoxy) is 1. The molecule has 1 unspecified atom stereocenters. The molecule has 6 nitrogen and oxygen atoms in total. The van der Waals surface area contributed by atoms with Crippen LogP contribution in [0.3, 0.4) is 0 Å². The lowest BCUT2D eigenvalue weighted by atomic mass is 10.1. The van der Waals surface area contributed by atoms with Gasteiger partial charge in [0.15, 0.2) is 0 Å². The first kappa shape index (κ1) is 17.7. The number of hydrogen-bond acceptors (Lipinski definition) is 4. The molecule has 1 aromatic carbocycles. The van der Waals surface area contributed by atoms with E-state index in [1.165, 1.54) is 6.92 Å². The molecular weight excluding hydrogens is 364 g/mol. The van der Waals surface area contributed by atoms with E-state index in [9.17, 15) is 14.7 Å². The molecule has 7 heteroatoms. The average Bonchev–Trinajstić information content (AvgIpc) is 2.93. The van der Waals surface area contributed by atoms with Crippen molar-refractivity contribution in [3.05, 3.63) is 27.7 Å². The van der Waals surface area contributed by atoms with Crippen LogP contribution in [0, 0.1) is 0 Å². The lowest BCUT2D eigenvalue weighted by Gasteiger charge is -2.27. The van der Waals surface area contributed by atoms with Gasteiger partial charge in [0.25, 0.3) is 0 Å². The molecule has 0 saturated carbocycles. The van der Waals surface area contributed by atoms with Crippen molar-refractivity contribution in [2.45, 2.75) is 32.9 Å². The van der Waals surface area contributed by atoms with E-state index in [1.807, 2.05) is 17.0 Å². The second-order valence-corrected chi connectivity index (χ2v) is 6.53. The van der Waals surface area contributed by atoms with Crippen molar-refractivity contribution in [2.75, 3.05) is 19.7 Å². The molecule has 0 aromatic heterocycles. The summed E-state index contributed by atoms with van der Waals surface area (Å²) < 4.78 is 6.66. The Labute approximate surface area is 143 Å². The zero-order valence-electron chi connectivity index (χ0n) is 13.3. The van der Waals surface area contributed by atoms with Crippen LogP contribution in [-0.4, -0.2) is 47.6 Å². The monoisotopic (exact) mass is 384 g/mol. The number of fused-ring (bicyclic) bond motifs is 1. The molecule has 0 bridgehead atoms. The minimum atomic E-state index is -0.889. The molecule has 2 rings (SSSR count). The fourth-order valence-corrected chi connectivity index (χ4v) is 3.18. The maximum Gasteiger partial charge on any atom is 0.320 e. The predicted molar refractivity (Wildman–Crippen MR) is 89.5 cm³/mol. The van der Waals surface area contributed by atoms with Crippen LogP contribution in [0.25, 0.3) is 0 Å². The third kappa shape index (κ3) is 4.68. The van der Waals surface area contributed by atoms with E-state index in [4.69, 9.17) is 4.74 Å². The first-order chi connectivity index (χ1) is 10.9. The van der Waals surface area contributed by atoms with E-state index in [2.05, 4.69) is 21.2 Å². The molecule has 2 N–H and O–H groups in total. The maximum absolute atomic E-state index is 11.4. The number of rotatable bonds is 7. The quantitative estimate of drug-likeness (QED) is 0.749. The third-order valence-electron chi connectivity index (χ3n) is 3.88. The smallest absolute Gasteiger partial charge is 0.320 e. The van der Waals surface area contributed by atoms with E-state index in [1.54, 1.807) is 6.92 Å². The summed E-state index contributed by atoms with van der Waals surface area (Å²) in [6.07, 6.45) is 0.863. The number of nitrogens with one attached hydrogen (secondary N) is 1. The Hall–Kier alpha value is -1.60. The van der Waals surface area contributed by atoms with Crippen LogP contribution in [0.15, 0.2) is 16.6 Å². The third-order valence-corrected chi connectivity index (χ3v) is 4.33. The minimum Gasteiger partial charge on any atom is -0.493 e. The molecule has 23 heavy (non-hydrogen) atoms. The second-order valence-electron chi connectivity index (χ2n) is 5.62. The highest BCUT2D eigenvalue weighted by molar-refractivity contribution is 9.10. The molecular formula is C16H21BrN2O4. The molecule has 126 valence electrons. The van der Waals surface area contributed by atoms with Gasteiger partial charge in [-0.2, -0.15) is 0 Å². The molecule has 0 spiro atoms. The van der Waals surface area contributed by atoms with Crippen LogP contribution < -0.4 is 10.1 Å². The van der Waals surface area contributed by atoms with Gasteiger partial charge in [-0.3, -0.25) is 14.5 Å². The summed E-state index contributed by atoms with van der Waals surface area (Å²) in [4.78, 5) is 24.2. The summed E-state index contributed by atoms with van der Waals surface area (Å²) in [6, 6.07) is 3.35. The number of aliphatic carboxylic acids is 1. The Morgan fingerprint density at radius 1 is 1.48 bits per heavy atom. The van der Waals surface area contributed by atoms with Crippen LogP contribution in [-0.2, 0) is 22.6 Å². The SMILES string of the molecule is CC(=O)NCCN(Cc1cc(Br)cc2c1OCC2)C(C)C(=O)O. The summed E-state index contributed by atoms with van der Waals surface area (Å²) >= 11 is 3.50.